The molecule has 0 aromatic heterocycles. The topological polar surface area (TPSA) is 30.5 Å². The normalized spacial score (nSPS) is 10.9. The highest BCUT2D eigenvalue weighted by atomic mass is 35.5. The molecule has 0 spiro atoms. The van der Waals surface area contributed by atoms with Crippen molar-refractivity contribution in [1.29, 1.82) is 0 Å². The lowest BCUT2D eigenvalue weighted by atomic mass is 10.0. The van der Waals surface area contributed by atoms with Crippen LogP contribution in [0.5, 0.6) is 11.5 Å². The van der Waals surface area contributed by atoms with Gasteiger partial charge in [-0.3, -0.25) is 0 Å². The minimum Gasteiger partial charge on any atom is -0.493 e. The quantitative estimate of drug-likeness (QED) is 0.703. The Balaban J connectivity index is 0.00000312. The van der Waals surface area contributed by atoms with Gasteiger partial charge in [-0.15, -0.1) is 12.4 Å². The van der Waals surface area contributed by atoms with Crippen molar-refractivity contribution in [2.75, 3.05) is 7.11 Å². The van der Waals surface area contributed by atoms with Crippen molar-refractivity contribution < 1.29 is 13.9 Å². The van der Waals surface area contributed by atoms with Crippen molar-refractivity contribution in [2.45, 2.75) is 45.9 Å². The van der Waals surface area contributed by atoms with Crippen LogP contribution >= 0.6 is 12.4 Å². The third-order valence-corrected chi connectivity index (χ3v) is 4.22. The van der Waals surface area contributed by atoms with E-state index in [1.54, 1.807) is 19.2 Å². The molecular weight excluding hydrogens is 341 g/mol. The first-order valence-electron chi connectivity index (χ1n) is 8.23. The molecule has 2 aromatic carbocycles. The first kappa shape index (κ1) is 21.3. The fourth-order valence-electron chi connectivity index (χ4n) is 2.22. The third kappa shape index (κ3) is 6.22. The molecule has 0 radical (unpaired) electrons. The molecule has 25 heavy (non-hydrogen) atoms. The Morgan fingerprint density at radius 3 is 2.36 bits per heavy atom. The van der Waals surface area contributed by atoms with E-state index in [-0.39, 0.29) is 23.8 Å². The van der Waals surface area contributed by atoms with Gasteiger partial charge in [0.25, 0.3) is 0 Å². The van der Waals surface area contributed by atoms with Crippen LogP contribution in [-0.2, 0) is 13.2 Å². The number of methoxy groups -OCH3 is 1. The Bertz CT molecular complexity index is 659. The molecule has 5 heteroatoms. The van der Waals surface area contributed by atoms with Crippen LogP contribution in [0.4, 0.5) is 4.39 Å². The summed E-state index contributed by atoms with van der Waals surface area (Å²) < 4.78 is 24.4. The summed E-state index contributed by atoms with van der Waals surface area (Å²) in [7, 11) is 1.63. The molecular formula is C20H27ClFNO2. The van der Waals surface area contributed by atoms with Gasteiger partial charge >= 0.3 is 0 Å². The average molecular weight is 368 g/mol. The number of ether oxygens (including phenoxy) is 2. The zero-order chi connectivity index (χ0) is 17.6. The molecule has 1 N–H and O–H groups in total. The van der Waals surface area contributed by atoms with E-state index in [0.29, 0.717) is 18.9 Å². The first-order valence-corrected chi connectivity index (χ1v) is 8.23. The molecule has 0 aliphatic heterocycles. The second-order valence-electron chi connectivity index (χ2n) is 6.45. The highest BCUT2D eigenvalue weighted by Crippen LogP contribution is 2.32. The summed E-state index contributed by atoms with van der Waals surface area (Å²) >= 11 is 0. The predicted molar refractivity (Wildman–Crippen MR) is 102 cm³/mol. The van der Waals surface area contributed by atoms with Crippen LogP contribution in [0.3, 0.4) is 0 Å². The molecule has 0 atom stereocenters. The van der Waals surface area contributed by atoms with Crippen molar-refractivity contribution in [3.8, 4) is 11.5 Å². The molecule has 0 amide bonds. The summed E-state index contributed by atoms with van der Waals surface area (Å²) in [5.74, 6) is 1.18. The standard InChI is InChI=1S/C20H26FNO2.ClH/c1-5-20(2,3)22-13-16-7-6-8-18(23-4)19(16)24-14-15-9-11-17(21)12-10-15;/h6-12,22H,5,13-14H2,1-4H3;1H. The van der Waals surface area contributed by atoms with E-state index in [0.717, 1.165) is 23.3 Å². The Morgan fingerprint density at radius 2 is 1.76 bits per heavy atom. The number of hydrogen-bond acceptors (Lipinski definition) is 3. The molecule has 0 saturated heterocycles. The lowest BCUT2D eigenvalue weighted by Gasteiger charge is -2.25. The SMILES string of the molecule is CCC(C)(C)NCc1cccc(OC)c1OCc1ccc(F)cc1.Cl. The van der Waals surface area contributed by atoms with Crippen molar-refractivity contribution in [2.24, 2.45) is 0 Å². The highest BCUT2D eigenvalue weighted by Gasteiger charge is 2.17. The fourth-order valence-corrected chi connectivity index (χ4v) is 2.22. The molecule has 2 rings (SSSR count). The van der Waals surface area contributed by atoms with Crippen molar-refractivity contribution in [1.82, 2.24) is 5.32 Å². The number of halogens is 2. The molecule has 138 valence electrons. The molecule has 0 heterocycles. The summed E-state index contributed by atoms with van der Waals surface area (Å²) in [5, 5.41) is 3.54. The van der Waals surface area contributed by atoms with E-state index in [2.05, 4.69) is 26.1 Å². The zero-order valence-corrected chi connectivity index (χ0v) is 16.1. The first-order chi connectivity index (χ1) is 11.4. The average Bonchev–Trinajstić information content (AvgIpc) is 2.59. The van der Waals surface area contributed by atoms with Crippen molar-refractivity contribution in [3.05, 3.63) is 59.4 Å². The van der Waals surface area contributed by atoms with Gasteiger partial charge in [-0.2, -0.15) is 0 Å². The van der Waals surface area contributed by atoms with Gasteiger partial charge in [-0.1, -0.05) is 31.2 Å². The van der Waals surface area contributed by atoms with Crippen LogP contribution in [0.15, 0.2) is 42.5 Å². The Kier molecular flexibility index (Phi) is 8.20. The third-order valence-electron chi connectivity index (χ3n) is 4.22. The van der Waals surface area contributed by atoms with Crippen LogP contribution in [0.1, 0.15) is 38.3 Å². The summed E-state index contributed by atoms with van der Waals surface area (Å²) in [6, 6.07) is 12.2. The summed E-state index contributed by atoms with van der Waals surface area (Å²) in [5.41, 5.74) is 2.00. The van der Waals surface area contributed by atoms with Gasteiger partial charge in [0.1, 0.15) is 12.4 Å². The van der Waals surface area contributed by atoms with E-state index in [4.69, 9.17) is 9.47 Å². The van der Waals surface area contributed by atoms with Crippen LogP contribution < -0.4 is 14.8 Å². The molecule has 3 nitrogen and oxygen atoms in total. The maximum atomic E-state index is 13.0. The number of benzene rings is 2. The van der Waals surface area contributed by atoms with Crippen molar-refractivity contribution in [3.63, 3.8) is 0 Å². The summed E-state index contributed by atoms with van der Waals surface area (Å²) in [6.07, 6.45) is 1.03. The molecule has 0 aliphatic rings. The molecule has 0 aliphatic carbocycles. The van der Waals surface area contributed by atoms with E-state index < -0.39 is 0 Å². The number of rotatable bonds is 8. The van der Waals surface area contributed by atoms with Crippen LogP contribution in [0.25, 0.3) is 0 Å². The Labute approximate surface area is 156 Å². The Hall–Kier alpha value is -1.78. The molecule has 0 fully saturated rings. The van der Waals surface area contributed by atoms with Gasteiger partial charge in [-0.05, 0) is 44.0 Å². The van der Waals surface area contributed by atoms with E-state index in [9.17, 15) is 4.39 Å². The second kappa shape index (κ2) is 9.64. The van der Waals surface area contributed by atoms with Gasteiger partial charge in [0.2, 0.25) is 0 Å². The minimum absolute atomic E-state index is 0. The maximum absolute atomic E-state index is 13.0. The van der Waals surface area contributed by atoms with Crippen molar-refractivity contribution >= 4 is 12.4 Å². The summed E-state index contributed by atoms with van der Waals surface area (Å²) in [4.78, 5) is 0. The lowest BCUT2D eigenvalue weighted by molar-refractivity contribution is 0.278. The van der Waals surface area contributed by atoms with E-state index in [1.807, 2.05) is 18.2 Å². The maximum Gasteiger partial charge on any atom is 0.166 e. The molecule has 0 saturated carbocycles. The Morgan fingerprint density at radius 1 is 1.08 bits per heavy atom. The van der Waals surface area contributed by atoms with Crippen LogP contribution in [-0.4, -0.2) is 12.6 Å². The minimum atomic E-state index is -0.247. The monoisotopic (exact) mass is 367 g/mol. The van der Waals surface area contributed by atoms with Crippen LogP contribution in [0.2, 0.25) is 0 Å². The van der Waals surface area contributed by atoms with Gasteiger partial charge in [-0.25, -0.2) is 4.39 Å². The number of para-hydroxylation sites is 1. The van der Waals surface area contributed by atoms with E-state index >= 15 is 0 Å². The largest absolute Gasteiger partial charge is 0.493 e. The highest BCUT2D eigenvalue weighted by molar-refractivity contribution is 5.85. The number of hydrogen-bond donors (Lipinski definition) is 1. The smallest absolute Gasteiger partial charge is 0.166 e. The molecule has 0 unspecified atom stereocenters. The van der Waals surface area contributed by atoms with Gasteiger partial charge < -0.3 is 14.8 Å². The second-order valence-corrected chi connectivity index (χ2v) is 6.45. The van der Waals surface area contributed by atoms with Gasteiger partial charge in [0.05, 0.1) is 7.11 Å². The molecule has 0 bridgehead atoms. The lowest BCUT2D eigenvalue weighted by Crippen LogP contribution is -2.37. The van der Waals surface area contributed by atoms with Gasteiger partial charge in [0.15, 0.2) is 11.5 Å². The van der Waals surface area contributed by atoms with Gasteiger partial charge in [0, 0.05) is 17.6 Å². The fraction of sp³-hybridized carbons (Fsp3) is 0.400. The van der Waals surface area contributed by atoms with E-state index in [1.165, 1.54) is 12.1 Å². The number of nitrogens with one attached hydrogen (secondary N) is 1. The predicted octanol–water partition coefficient (Wildman–Crippen LogP) is 5.11. The molecule has 2 aromatic rings. The zero-order valence-electron chi connectivity index (χ0n) is 15.3. The van der Waals surface area contributed by atoms with Crippen LogP contribution in [0, 0.1) is 5.82 Å². The summed E-state index contributed by atoms with van der Waals surface area (Å²) in [6.45, 7) is 7.56.